The van der Waals surface area contributed by atoms with Gasteiger partial charge in [-0.15, -0.1) is 0 Å². The maximum absolute atomic E-state index is 10.9. The predicted molar refractivity (Wildman–Crippen MR) is 80.6 cm³/mol. The van der Waals surface area contributed by atoms with E-state index in [2.05, 4.69) is 12.1 Å². The second-order valence-electron chi connectivity index (χ2n) is 6.68. The Balaban J connectivity index is 1.87. The van der Waals surface area contributed by atoms with Crippen molar-refractivity contribution in [3.05, 3.63) is 35.4 Å². The SMILES string of the molecule is OC(c1ccccc1C1CCC1)C1(O)CCCCCC1. The summed E-state index contributed by atoms with van der Waals surface area (Å²) in [7, 11) is 0. The molecule has 0 saturated heterocycles. The monoisotopic (exact) mass is 274 g/mol. The first-order valence-corrected chi connectivity index (χ1v) is 8.20. The van der Waals surface area contributed by atoms with Crippen LogP contribution in [0.25, 0.3) is 0 Å². The van der Waals surface area contributed by atoms with Crippen LogP contribution in [0.15, 0.2) is 24.3 Å². The van der Waals surface area contributed by atoms with Crippen LogP contribution < -0.4 is 0 Å². The molecule has 0 bridgehead atoms. The van der Waals surface area contributed by atoms with Gasteiger partial charge in [0.2, 0.25) is 0 Å². The zero-order valence-corrected chi connectivity index (χ0v) is 12.2. The third-order valence-corrected chi connectivity index (χ3v) is 5.31. The summed E-state index contributed by atoms with van der Waals surface area (Å²) in [6, 6.07) is 8.20. The highest BCUT2D eigenvalue weighted by molar-refractivity contribution is 5.34. The maximum Gasteiger partial charge on any atom is 0.108 e. The largest absolute Gasteiger partial charge is 0.387 e. The summed E-state index contributed by atoms with van der Waals surface area (Å²) in [5.74, 6) is 0.593. The van der Waals surface area contributed by atoms with Crippen molar-refractivity contribution in [3.63, 3.8) is 0 Å². The van der Waals surface area contributed by atoms with E-state index in [9.17, 15) is 10.2 Å². The Labute approximate surface area is 121 Å². The van der Waals surface area contributed by atoms with Crippen LogP contribution in [0, 0.1) is 0 Å². The van der Waals surface area contributed by atoms with E-state index in [1.54, 1.807) is 0 Å². The number of aliphatic hydroxyl groups excluding tert-OH is 1. The molecule has 0 aromatic heterocycles. The van der Waals surface area contributed by atoms with Crippen molar-refractivity contribution in [2.75, 3.05) is 0 Å². The number of hydrogen-bond acceptors (Lipinski definition) is 2. The lowest BCUT2D eigenvalue weighted by Crippen LogP contribution is -2.36. The highest BCUT2D eigenvalue weighted by Gasteiger charge is 2.38. The average Bonchev–Trinajstić information content (AvgIpc) is 2.63. The Hall–Kier alpha value is -0.860. The lowest BCUT2D eigenvalue weighted by Gasteiger charge is -2.36. The molecule has 110 valence electrons. The molecule has 2 saturated carbocycles. The molecular weight excluding hydrogens is 248 g/mol. The van der Waals surface area contributed by atoms with E-state index < -0.39 is 11.7 Å². The smallest absolute Gasteiger partial charge is 0.108 e. The molecule has 2 heteroatoms. The zero-order valence-electron chi connectivity index (χ0n) is 12.2. The molecule has 2 nitrogen and oxygen atoms in total. The van der Waals surface area contributed by atoms with Gasteiger partial charge >= 0.3 is 0 Å². The van der Waals surface area contributed by atoms with Gasteiger partial charge in [-0.2, -0.15) is 0 Å². The first-order valence-electron chi connectivity index (χ1n) is 8.20. The molecule has 1 aromatic carbocycles. The Kier molecular flexibility index (Phi) is 4.13. The fourth-order valence-corrected chi connectivity index (χ4v) is 3.75. The summed E-state index contributed by atoms with van der Waals surface area (Å²) < 4.78 is 0. The molecule has 2 aliphatic rings. The van der Waals surface area contributed by atoms with Crippen molar-refractivity contribution >= 4 is 0 Å². The maximum atomic E-state index is 10.9. The number of rotatable bonds is 3. The molecule has 0 spiro atoms. The molecule has 0 heterocycles. The Morgan fingerprint density at radius 3 is 2.20 bits per heavy atom. The van der Waals surface area contributed by atoms with Gasteiger partial charge in [-0.1, -0.05) is 56.4 Å². The van der Waals surface area contributed by atoms with Gasteiger partial charge < -0.3 is 10.2 Å². The molecule has 0 aliphatic heterocycles. The predicted octanol–water partition coefficient (Wildman–Crippen LogP) is 4.07. The van der Waals surface area contributed by atoms with E-state index in [1.165, 1.54) is 37.7 Å². The molecule has 1 unspecified atom stereocenters. The molecule has 1 atom stereocenters. The van der Waals surface area contributed by atoms with Crippen molar-refractivity contribution in [1.82, 2.24) is 0 Å². The lowest BCUT2D eigenvalue weighted by molar-refractivity contribution is -0.0872. The Morgan fingerprint density at radius 1 is 0.950 bits per heavy atom. The second-order valence-corrected chi connectivity index (χ2v) is 6.68. The topological polar surface area (TPSA) is 40.5 Å². The van der Waals surface area contributed by atoms with Gasteiger partial charge in [0.1, 0.15) is 6.10 Å². The molecule has 1 aromatic rings. The fraction of sp³-hybridized carbons (Fsp3) is 0.667. The van der Waals surface area contributed by atoms with Gasteiger partial charge in [0, 0.05) is 0 Å². The number of hydrogen-bond donors (Lipinski definition) is 2. The van der Waals surface area contributed by atoms with Crippen molar-refractivity contribution in [3.8, 4) is 0 Å². The van der Waals surface area contributed by atoms with E-state index in [0.717, 1.165) is 31.2 Å². The summed E-state index contributed by atoms with van der Waals surface area (Å²) in [6.07, 6.45) is 8.89. The third-order valence-electron chi connectivity index (χ3n) is 5.31. The molecule has 20 heavy (non-hydrogen) atoms. The minimum absolute atomic E-state index is 0.593. The molecule has 2 fully saturated rings. The second kappa shape index (κ2) is 5.87. The van der Waals surface area contributed by atoms with E-state index in [4.69, 9.17) is 0 Å². The average molecular weight is 274 g/mol. The van der Waals surface area contributed by atoms with E-state index in [0.29, 0.717) is 5.92 Å². The standard InChI is InChI=1S/C18H26O2/c19-17(18(20)12-5-1-2-6-13-18)16-11-4-3-10-15(16)14-8-7-9-14/h3-4,10-11,14,17,19-20H,1-2,5-9,12-13H2. The number of benzene rings is 1. The molecule has 2 aliphatic carbocycles. The minimum Gasteiger partial charge on any atom is -0.387 e. The summed E-state index contributed by atoms with van der Waals surface area (Å²) >= 11 is 0. The van der Waals surface area contributed by atoms with Crippen molar-refractivity contribution in [2.24, 2.45) is 0 Å². The quantitative estimate of drug-likeness (QED) is 0.816. The van der Waals surface area contributed by atoms with Crippen LogP contribution in [0.1, 0.15) is 80.9 Å². The van der Waals surface area contributed by atoms with E-state index >= 15 is 0 Å². The van der Waals surface area contributed by atoms with Gasteiger partial charge in [0.05, 0.1) is 5.60 Å². The zero-order chi connectivity index (χ0) is 14.0. The molecule has 3 rings (SSSR count). The fourth-order valence-electron chi connectivity index (χ4n) is 3.75. The normalized spacial score (nSPS) is 24.7. The summed E-state index contributed by atoms with van der Waals surface area (Å²) in [5, 5.41) is 21.7. The summed E-state index contributed by atoms with van der Waals surface area (Å²) in [5.41, 5.74) is 1.32. The van der Waals surface area contributed by atoms with Crippen LogP contribution in [0.5, 0.6) is 0 Å². The van der Waals surface area contributed by atoms with Gasteiger partial charge in [-0.25, -0.2) is 0 Å². The highest BCUT2D eigenvalue weighted by atomic mass is 16.3. The number of aliphatic hydroxyl groups is 2. The molecule has 0 radical (unpaired) electrons. The molecule has 0 amide bonds. The molecular formula is C18H26O2. The van der Waals surface area contributed by atoms with Crippen molar-refractivity contribution < 1.29 is 10.2 Å². The van der Waals surface area contributed by atoms with E-state index in [-0.39, 0.29) is 0 Å². The minimum atomic E-state index is -0.920. The van der Waals surface area contributed by atoms with Crippen LogP contribution in [-0.2, 0) is 0 Å². The van der Waals surface area contributed by atoms with Crippen molar-refractivity contribution in [2.45, 2.75) is 75.4 Å². The third kappa shape index (κ3) is 2.64. The lowest BCUT2D eigenvalue weighted by atomic mass is 9.74. The highest BCUT2D eigenvalue weighted by Crippen LogP contribution is 2.44. The van der Waals surface area contributed by atoms with Gasteiger partial charge in [0.25, 0.3) is 0 Å². The Bertz CT molecular complexity index is 442. The first kappa shape index (κ1) is 14.1. The van der Waals surface area contributed by atoms with Gasteiger partial charge in [-0.3, -0.25) is 0 Å². The van der Waals surface area contributed by atoms with E-state index in [1.807, 2.05) is 12.1 Å². The summed E-state index contributed by atoms with van der Waals surface area (Å²) in [6.45, 7) is 0. The first-order chi connectivity index (χ1) is 9.71. The van der Waals surface area contributed by atoms with Gasteiger partial charge in [0.15, 0.2) is 0 Å². The van der Waals surface area contributed by atoms with Crippen LogP contribution in [0.4, 0.5) is 0 Å². The van der Waals surface area contributed by atoms with Crippen molar-refractivity contribution in [1.29, 1.82) is 0 Å². The van der Waals surface area contributed by atoms with Crippen LogP contribution in [0.2, 0.25) is 0 Å². The van der Waals surface area contributed by atoms with Crippen LogP contribution >= 0.6 is 0 Å². The van der Waals surface area contributed by atoms with Crippen LogP contribution in [0.3, 0.4) is 0 Å². The van der Waals surface area contributed by atoms with Crippen LogP contribution in [-0.4, -0.2) is 15.8 Å². The summed E-state index contributed by atoms with van der Waals surface area (Å²) in [4.78, 5) is 0. The molecule has 2 N–H and O–H groups in total. The van der Waals surface area contributed by atoms with Gasteiger partial charge in [-0.05, 0) is 42.7 Å². The Morgan fingerprint density at radius 2 is 1.60 bits per heavy atom.